The number of H-pyrrole nitrogens is 1. The van der Waals surface area contributed by atoms with Gasteiger partial charge < -0.3 is 25.5 Å². The van der Waals surface area contributed by atoms with Crippen molar-refractivity contribution >= 4 is 22.7 Å². The Bertz CT molecular complexity index is 1270. The lowest BCUT2D eigenvalue weighted by Gasteiger charge is -2.19. The van der Waals surface area contributed by atoms with E-state index < -0.39 is 6.04 Å². The van der Waals surface area contributed by atoms with Gasteiger partial charge in [-0.05, 0) is 55.0 Å². The molecule has 1 atom stereocenters. The summed E-state index contributed by atoms with van der Waals surface area (Å²) in [6.07, 6.45) is 5.88. The van der Waals surface area contributed by atoms with E-state index in [2.05, 4.69) is 27.5 Å². The van der Waals surface area contributed by atoms with Crippen molar-refractivity contribution in [2.24, 2.45) is 0 Å². The number of nitrogens with one attached hydrogen (secondary N) is 3. The molecule has 0 saturated carbocycles. The lowest BCUT2D eigenvalue weighted by Crippen LogP contribution is -2.39. The molecule has 0 unspecified atom stereocenters. The molecule has 0 aliphatic carbocycles. The van der Waals surface area contributed by atoms with Gasteiger partial charge in [-0.3, -0.25) is 9.59 Å². The van der Waals surface area contributed by atoms with Gasteiger partial charge in [-0.25, -0.2) is 0 Å². The number of hydrogen-bond acceptors (Lipinski definition) is 4. The molecule has 2 amide bonds. The van der Waals surface area contributed by atoms with Crippen LogP contribution in [0.5, 0.6) is 5.75 Å². The topological polar surface area (TPSA) is 103 Å². The SMILES string of the molecule is CNC(=O)CCC#Cc1cc2c(c(C(=O)N[C@@H](CO)Cc3c[nH]c4ccccc34)c1)OCCCC2. The smallest absolute Gasteiger partial charge is 0.255 e. The van der Waals surface area contributed by atoms with Gasteiger partial charge in [-0.1, -0.05) is 30.0 Å². The molecule has 7 nitrogen and oxygen atoms in total. The molecule has 3 aromatic rings. The minimum absolute atomic E-state index is 0.0556. The Balaban J connectivity index is 1.56. The molecule has 1 aliphatic heterocycles. The highest BCUT2D eigenvalue weighted by molar-refractivity contribution is 5.98. The standard InChI is InChI=1S/C28H31N3O4/c1-29-26(33)12-5-2-8-19-14-20-9-6-7-13-35-27(20)24(15-19)28(34)31-22(18-32)16-21-17-30-25-11-4-3-10-23(21)25/h3-4,10-11,14-15,17,22,30,32H,5-7,9,12-13,16,18H2,1H3,(H,29,33)(H,31,34)/t22-/m1/s1. The summed E-state index contributed by atoms with van der Waals surface area (Å²) in [5.41, 5.74) is 4.16. The van der Waals surface area contributed by atoms with Crippen molar-refractivity contribution in [3.63, 3.8) is 0 Å². The summed E-state index contributed by atoms with van der Waals surface area (Å²) in [5, 5.41) is 16.7. The van der Waals surface area contributed by atoms with Crippen LogP contribution in [-0.4, -0.2) is 48.2 Å². The Morgan fingerprint density at radius 2 is 2.09 bits per heavy atom. The summed E-state index contributed by atoms with van der Waals surface area (Å²) in [5.74, 6) is 6.37. The molecular formula is C28H31N3O4. The van der Waals surface area contributed by atoms with Crippen LogP contribution >= 0.6 is 0 Å². The quantitative estimate of drug-likeness (QED) is 0.396. The number of aryl methyl sites for hydroxylation is 1. The predicted octanol–water partition coefficient (Wildman–Crippen LogP) is 3.09. The summed E-state index contributed by atoms with van der Waals surface area (Å²) in [6, 6.07) is 11.2. The number of para-hydroxylation sites is 1. The summed E-state index contributed by atoms with van der Waals surface area (Å²) in [6.45, 7) is 0.372. The molecule has 0 saturated heterocycles. The van der Waals surface area contributed by atoms with E-state index in [1.54, 1.807) is 13.1 Å². The molecule has 2 heterocycles. The molecule has 1 aliphatic rings. The highest BCUT2D eigenvalue weighted by Crippen LogP contribution is 2.30. The van der Waals surface area contributed by atoms with Gasteiger partial charge in [0.1, 0.15) is 5.75 Å². The zero-order chi connectivity index (χ0) is 24.6. The van der Waals surface area contributed by atoms with Crippen LogP contribution in [-0.2, 0) is 17.6 Å². The molecule has 0 spiro atoms. The number of benzene rings is 2. The van der Waals surface area contributed by atoms with E-state index in [0.717, 1.165) is 41.3 Å². The lowest BCUT2D eigenvalue weighted by atomic mass is 9.99. The molecule has 35 heavy (non-hydrogen) atoms. The monoisotopic (exact) mass is 473 g/mol. The molecule has 182 valence electrons. The van der Waals surface area contributed by atoms with Gasteiger partial charge in [-0.2, -0.15) is 0 Å². The fourth-order valence-electron chi connectivity index (χ4n) is 4.33. The van der Waals surface area contributed by atoms with E-state index in [1.807, 2.05) is 36.5 Å². The number of aromatic nitrogens is 1. The number of aromatic amines is 1. The highest BCUT2D eigenvalue weighted by Gasteiger charge is 2.22. The average Bonchev–Trinajstić information content (AvgIpc) is 3.13. The fourth-order valence-corrected chi connectivity index (χ4v) is 4.33. The van der Waals surface area contributed by atoms with Crippen molar-refractivity contribution in [2.75, 3.05) is 20.3 Å². The minimum Gasteiger partial charge on any atom is -0.492 e. The second kappa shape index (κ2) is 11.6. The first-order valence-electron chi connectivity index (χ1n) is 12.0. The van der Waals surface area contributed by atoms with Crippen molar-refractivity contribution < 1.29 is 19.4 Å². The number of aliphatic hydroxyl groups excluding tert-OH is 1. The van der Waals surface area contributed by atoms with Crippen molar-refractivity contribution in [2.45, 2.75) is 44.6 Å². The molecule has 0 radical (unpaired) electrons. The average molecular weight is 474 g/mol. The predicted molar refractivity (Wildman–Crippen MR) is 135 cm³/mol. The Kier molecular flexibility index (Phi) is 8.07. The van der Waals surface area contributed by atoms with E-state index in [4.69, 9.17) is 4.74 Å². The van der Waals surface area contributed by atoms with Crippen molar-refractivity contribution in [3.8, 4) is 17.6 Å². The molecule has 0 fully saturated rings. The maximum atomic E-state index is 13.4. The first-order valence-corrected chi connectivity index (χ1v) is 12.0. The molecule has 7 heteroatoms. The van der Waals surface area contributed by atoms with Gasteiger partial charge in [0, 0.05) is 42.6 Å². The zero-order valence-corrected chi connectivity index (χ0v) is 19.9. The number of fused-ring (bicyclic) bond motifs is 2. The molecule has 4 rings (SSSR count). The second-order valence-corrected chi connectivity index (χ2v) is 8.71. The van der Waals surface area contributed by atoms with E-state index in [1.165, 1.54) is 0 Å². The van der Waals surface area contributed by atoms with Crippen LogP contribution in [0, 0.1) is 11.8 Å². The van der Waals surface area contributed by atoms with Gasteiger partial charge in [-0.15, -0.1) is 0 Å². The van der Waals surface area contributed by atoms with Crippen LogP contribution in [0.15, 0.2) is 42.6 Å². The van der Waals surface area contributed by atoms with E-state index in [0.29, 0.717) is 42.7 Å². The van der Waals surface area contributed by atoms with Gasteiger partial charge in [0.15, 0.2) is 0 Å². The summed E-state index contributed by atoms with van der Waals surface area (Å²) < 4.78 is 5.98. The maximum absolute atomic E-state index is 13.4. The fraction of sp³-hybridized carbons (Fsp3) is 0.357. The van der Waals surface area contributed by atoms with Gasteiger partial charge in [0.2, 0.25) is 5.91 Å². The van der Waals surface area contributed by atoms with E-state index in [-0.39, 0.29) is 18.4 Å². The maximum Gasteiger partial charge on any atom is 0.255 e. The first-order chi connectivity index (χ1) is 17.1. The van der Waals surface area contributed by atoms with Gasteiger partial charge in [0.05, 0.1) is 24.8 Å². The van der Waals surface area contributed by atoms with Gasteiger partial charge >= 0.3 is 0 Å². The third-order valence-corrected chi connectivity index (χ3v) is 6.18. The molecule has 0 bridgehead atoms. The highest BCUT2D eigenvalue weighted by atomic mass is 16.5. The number of ether oxygens (including phenoxy) is 1. The lowest BCUT2D eigenvalue weighted by molar-refractivity contribution is -0.120. The number of rotatable bonds is 7. The molecule has 1 aromatic heterocycles. The largest absolute Gasteiger partial charge is 0.492 e. The number of aliphatic hydroxyl groups is 1. The van der Waals surface area contributed by atoms with Crippen molar-refractivity contribution in [1.29, 1.82) is 0 Å². The Morgan fingerprint density at radius 1 is 1.23 bits per heavy atom. The van der Waals surface area contributed by atoms with Crippen molar-refractivity contribution in [1.82, 2.24) is 15.6 Å². The van der Waals surface area contributed by atoms with Crippen LogP contribution in [0.25, 0.3) is 10.9 Å². The summed E-state index contributed by atoms with van der Waals surface area (Å²) in [7, 11) is 1.60. The normalized spacial score (nSPS) is 13.5. The molecular weight excluding hydrogens is 442 g/mol. The van der Waals surface area contributed by atoms with Gasteiger partial charge in [0.25, 0.3) is 5.91 Å². The number of carbonyl (C=O) groups is 2. The minimum atomic E-state index is -0.453. The third-order valence-electron chi connectivity index (χ3n) is 6.18. The van der Waals surface area contributed by atoms with E-state index >= 15 is 0 Å². The third kappa shape index (κ3) is 6.03. The number of carbonyl (C=O) groups excluding carboxylic acids is 2. The van der Waals surface area contributed by atoms with Crippen LogP contribution in [0.2, 0.25) is 0 Å². The Hall–Kier alpha value is -3.76. The molecule has 2 aromatic carbocycles. The summed E-state index contributed by atoms with van der Waals surface area (Å²) in [4.78, 5) is 28.1. The number of hydrogen-bond donors (Lipinski definition) is 4. The number of amides is 2. The summed E-state index contributed by atoms with van der Waals surface area (Å²) >= 11 is 0. The second-order valence-electron chi connectivity index (χ2n) is 8.71. The Labute approximate surface area is 205 Å². The Morgan fingerprint density at radius 3 is 2.91 bits per heavy atom. The molecule has 4 N–H and O–H groups in total. The van der Waals surface area contributed by atoms with Crippen LogP contribution in [0.3, 0.4) is 0 Å². The first kappa shape index (κ1) is 24.4. The van der Waals surface area contributed by atoms with Crippen molar-refractivity contribution in [3.05, 3.63) is 64.8 Å². The zero-order valence-electron chi connectivity index (χ0n) is 19.9. The van der Waals surface area contributed by atoms with E-state index in [9.17, 15) is 14.7 Å². The van der Waals surface area contributed by atoms with Crippen LogP contribution in [0.1, 0.15) is 52.7 Å². The van der Waals surface area contributed by atoms with Crippen LogP contribution < -0.4 is 15.4 Å². The van der Waals surface area contributed by atoms with Crippen LogP contribution in [0.4, 0.5) is 0 Å².